The largest absolute Gasteiger partial charge is 0.383 e. The van der Waals surface area contributed by atoms with Crippen LogP contribution in [-0.2, 0) is 11.2 Å². The standard InChI is InChI=1S/C13H22N2O/c1-10(2)7-11-5-4-6-12(8-11)13(15-14)9-16-3/h4-6,8,10,13,15H,7,9,14H2,1-3H3. The molecule has 1 unspecified atom stereocenters. The van der Waals surface area contributed by atoms with E-state index < -0.39 is 0 Å². The van der Waals surface area contributed by atoms with E-state index in [1.807, 2.05) is 0 Å². The van der Waals surface area contributed by atoms with E-state index in [1.54, 1.807) is 7.11 Å². The molecule has 0 aromatic heterocycles. The van der Waals surface area contributed by atoms with E-state index >= 15 is 0 Å². The lowest BCUT2D eigenvalue weighted by Gasteiger charge is -2.16. The molecule has 1 aromatic rings. The van der Waals surface area contributed by atoms with Crippen molar-refractivity contribution in [3.63, 3.8) is 0 Å². The maximum atomic E-state index is 5.51. The quantitative estimate of drug-likeness (QED) is 0.572. The predicted molar refractivity (Wildman–Crippen MR) is 66.9 cm³/mol. The third-order valence-corrected chi connectivity index (χ3v) is 2.53. The van der Waals surface area contributed by atoms with Crippen LogP contribution >= 0.6 is 0 Å². The third kappa shape index (κ3) is 3.93. The van der Waals surface area contributed by atoms with Gasteiger partial charge < -0.3 is 4.74 Å². The van der Waals surface area contributed by atoms with Gasteiger partial charge in [0.1, 0.15) is 0 Å². The summed E-state index contributed by atoms with van der Waals surface area (Å²) >= 11 is 0. The summed E-state index contributed by atoms with van der Waals surface area (Å²) in [5.41, 5.74) is 5.31. The molecule has 16 heavy (non-hydrogen) atoms. The summed E-state index contributed by atoms with van der Waals surface area (Å²) in [6.45, 7) is 5.03. The molecule has 0 aliphatic rings. The number of methoxy groups -OCH3 is 1. The van der Waals surface area contributed by atoms with E-state index in [0.29, 0.717) is 12.5 Å². The smallest absolute Gasteiger partial charge is 0.0693 e. The van der Waals surface area contributed by atoms with Gasteiger partial charge in [0.15, 0.2) is 0 Å². The van der Waals surface area contributed by atoms with Crippen LogP contribution in [-0.4, -0.2) is 13.7 Å². The van der Waals surface area contributed by atoms with Crippen molar-refractivity contribution in [2.75, 3.05) is 13.7 Å². The minimum atomic E-state index is 0.0668. The lowest BCUT2D eigenvalue weighted by molar-refractivity contribution is 0.167. The van der Waals surface area contributed by atoms with Gasteiger partial charge >= 0.3 is 0 Å². The molecule has 1 atom stereocenters. The molecular weight excluding hydrogens is 200 g/mol. The minimum absolute atomic E-state index is 0.0668. The maximum absolute atomic E-state index is 5.51. The summed E-state index contributed by atoms with van der Waals surface area (Å²) in [6.07, 6.45) is 1.10. The van der Waals surface area contributed by atoms with Gasteiger partial charge in [0.05, 0.1) is 12.6 Å². The Hall–Kier alpha value is -0.900. The van der Waals surface area contributed by atoms with E-state index in [4.69, 9.17) is 10.6 Å². The lowest BCUT2D eigenvalue weighted by atomic mass is 9.99. The highest BCUT2D eigenvalue weighted by atomic mass is 16.5. The fourth-order valence-corrected chi connectivity index (χ4v) is 1.82. The Balaban J connectivity index is 2.79. The van der Waals surface area contributed by atoms with E-state index in [-0.39, 0.29) is 6.04 Å². The zero-order valence-electron chi connectivity index (χ0n) is 10.4. The number of nitrogens with one attached hydrogen (secondary N) is 1. The second kappa shape index (κ2) is 6.63. The molecule has 0 aliphatic heterocycles. The van der Waals surface area contributed by atoms with E-state index in [9.17, 15) is 0 Å². The van der Waals surface area contributed by atoms with E-state index in [0.717, 1.165) is 6.42 Å². The van der Waals surface area contributed by atoms with Crippen LogP contribution < -0.4 is 11.3 Å². The van der Waals surface area contributed by atoms with Crippen LogP contribution in [0.1, 0.15) is 31.0 Å². The van der Waals surface area contributed by atoms with Gasteiger partial charge in [-0.25, -0.2) is 0 Å². The van der Waals surface area contributed by atoms with E-state index in [1.165, 1.54) is 11.1 Å². The Morgan fingerprint density at radius 2 is 2.12 bits per heavy atom. The van der Waals surface area contributed by atoms with Crippen LogP contribution in [0.2, 0.25) is 0 Å². The van der Waals surface area contributed by atoms with Crippen molar-refractivity contribution in [1.29, 1.82) is 0 Å². The number of benzene rings is 1. The van der Waals surface area contributed by atoms with Gasteiger partial charge in [-0.3, -0.25) is 11.3 Å². The Morgan fingerprint density at radius 1 is 1.38 bits per heavy atom. The van der Waals surface area contributed by atoms with Crippen LogP contribution in [0, 0.1) is 5.92 Å². The zero-order chi connectivity index (χ0) is 12.0. The van der Waals surface area contributed by atoms with Gasteiger partial charge in [-0.1, -0.05) is 38.1 Å². The average molecular weight is 222 g/mol. The van der Waals surface area contributed by atoms with Gasteiger partial charge in [0.25, 0.3) is 0 Å². The van der Waals surface area contributed by atoms with Crippen molar-refractivity contribution in [3.05, 3.63) is 35.4 Å². The monoisotopic (exact) mass is 222 g/mol. The first-order chi connectivity index (χ1) is 7.67. The van der Waals surface area contributed by atoms with Gasteiger partial charge in [0.2, 0.25) is 0 Å². The second-order valence-electron chi connectivity index (χ2n) is 4.52. The zero-order valence-corrected chi connectivity index (χ0v) is 10.4. The van der Waals surface area contributed by atoms with Crippen LogP contribution in [0.5, 0.6) is 0 Å². The molecule has 0 saturated carbocycles. The fourth-order valence-electron chi connectivity index (χ4n) is 1.82. The molecule has 0 heterocycles. The SMILES string of the molecule is COCC(NN)c1cccc(CC(C)C)c1. The predicted octanol–water partition coefficient (Wildman–Crippen LogP) is 2.04. The molecule has 3 nitrogen and oxygen atoms in total. The minimum Gasteiger partial charge on any atom is -0.383 e. The molecule has 1 rings (SSSR count). The molecule has 0 radical (unpaired) electrons. The highest BCUT2D eigenvalue weighted by Crippen LogP contribution is 2.16. The normalized spacial score (nSPS) is 13.1. The molecule has 0 fully saturated rings. The molecule has 3 heteroatoms. The molecule has 0 saturated heterocycles. The van der Waals surface area contributed by atoms with Crippen LogP contribution in [0.4, 0.5) is 0 Å². The summed E-state index contributed by atoms with van der Waals surface area (Å²) in [5, 5.41) is 0. The summed E-state index contributed by atoms with van der Waals surface area (Å²) in [5.74, 6) is 6.18. The number of ether oxygens (including phenoxy) is 1. The number of hydrogen-bond acceptors (Lipinski definition) is 3. The summed E-state index contributed by atoms with van der Waals surface area (Å²) in [4.78, 5) is 0. The van der Waals surface area contributed by atoms with Crippen molar-refractivity contribution in [1.82, 2.24) is 5.43 Å². The van der Waals surface area contributed by atoms with Crippen molar-refractivity contribution < 1.29 is 4.74 Å². The van der Waals surface area contributed by atoms with Crippen LogP contribution in [0.25, 0.3) is 0 Å². The number of nitrogens with two attached hydrogens (primary N) is 1. The van der Waals surface area contributed by atoms with Crippen LogP contribution in [0.3, 0.4) is 0 Å². The molecule has 0 bridgehead atoms. The Kier molecular flexibility index (Phi) is 5.46. The number of hydrazine groups is 1. The Bertz CT molecular complexity index is 313. The highest BCUT2D eigenvalue weighted by Gasteiger charge is 2.09. The van der Waals surface area contributed by atoms with Crippen molar-refractivity contribution in [2.24, 2.45) is 11.8 Å². The lowest BCUT2D eigenvalue weighted by Crippen LogP contribution is -2.31. The van der Waals surface area contributed by atoms with Crippen molar-refractivity contribution in [2.45, 2.75) is 26.3 Å². The average Bonchev–Trinajstić information content (AvgIpc) is 2.25. The highest BCUT2D eigenvalue weighted by molar-refractivity contribution is 5.26. The van der Waals surface area contributed by atoms with E-state index in [2.05, 4.69) is 43.5 Å². The van der Waals surface area contributed by atoms with Gasteiger partial charge in [-0.2, -0.15) is 0 Å². The molecule has 0 aliphatic carbocycles. The Labute approximate surface area is 98.0 Å². The molecule has 1 aromatic carbocycles. The summed E-state index contributed by atoms with van der Waals surface area (Å²) < 4.78 is 5.13. The third-order valence-electron chi connectivity index (χ3n) is 2.53. The van der Waals surface area contributed by atoms with Gasteiger partial charge in [0, 0.05) is 7.11 Å². The molecule has 90 valence electrons. The van der Waals surface area contributed by atoms with Crippen molar-refractivity contribution >= 4 is 0 Å². The summed E-state index contributed by atoms with van der Waals surface area (Å²) in [6, 6.07) is 8.57. The van der Waals surface area contributed by atoms with Gasteiger partial charge in [-0.05, 0) is 23.5 Å². The number of hydrogen-bond donors (Lipinski definition) is 2. The fraction of sp³-hybridized carbons (Fsp3) is 0.538. The second-order valence-corrected chi connectivity index (χ2v) is 4.52. The number of rotatable bonds is 6. The summed E-state index contributed by atoms with van der Waals surface area (Å²) in [7, 11) is 1.68. The van der Waals surface area contributed by atoms with Gasteiger partial charge in [-0.15, -0.1) is 0 Å². The molecule has 0 amide bonds. The first-order valence-corrected chi connectivity index (χ1v) is 5.71. The van der Waals surface area contributed by atoms with Crippen molar-refractivity contribution in [3.8, 4) is 0 Å². The maximum Gasteiger partial charge on any atom is 0.0693 e. The first kappa shape index (κ1) is 13.2. The molecule has 3 N–H and O–H groups in total. The topological polar surface area (TPSA) is 47.3 Å². The Morgan fingerprint density at radius 3 is 2.69 bits per heavy atom. The first-order valence-electron chi connectivity index (χ1n) is 5.71. The van der Waals surface area contributed by atoms with Crippen LogP contribution in [0.15, 0.2) is 24.3 Å². The molecular formula is C13H22N2O. The molecule has 0 spiro atoms.